The first-order chi connectivity index (χ1) is 9.65. The second-order valence-electron chi connectivity index (χ2n) is 4.36. The summed E-state index contributed by atoms with van der Waals surface area (Å²) in [7, 11) is 0. The van der Waals surface area contributed by atoms with Crippen LogP contribution >= 0.6 is 0 Å². The summed E-state index contributed by atoms with van der Waals surface area (Å²) >= 11 is 0. The summed E-state index contributed by atoms with van der Waals surface area (Å²) in [5.74, 6) is -0.391. The fourth-order valence-electron chi connectivity index (χ4n) is 2.01. The van der Waals surface area contributed by atoms with Crippen LogP contribution < -0.4 is 11.1 Å². The van der Waals surface area contributed by atoms with Gasteiger partial charge in [-0.25, -0.2) is 0 Å². The van der Waals surface area contributed by atoms with E-state index in [1.165, 1.54) is 18.2 Å². The first-order valence-corrected chi connectivity index (χ1v) is 5.97. The zero-order chi connectivity index (χ0) is 14.1. The molecule has 0 bridgehead atoms. The molecule has 0 radical (unpaired) electrons. The maximum absolute atomic E-state index is 12.2. The summed E-state index contributed by atoms with van der Waals surface area (Å²) in [5, 5.41) is 19.8. The lowest BCUT2D eigenvalue weighted by molar-refractivity contribution is 0.102. The van der Waals surface area contributed by atoms with Gasteiger partial charge in [0.1, 0.15) is 5.75 Å². The molecule has 100 valence electrons. The van der Waals surface area contributed by atoms with Crippen molar-refractivity contribution in [2.45, 2.75) is 0 Å². The first-order valence-electron chi connectivity index (χ1n) is 5.97. The molecule has 1 amide bonds. The quantitative estimate of drug-likeness (QED) is 0.422. The van der Waals surface area contributed by atoms with Crippen molar-refractivity contribution in [3.63, 3.8) is 0 Å². The zero-order valence-corrected chi connectivity index (χ0v) is 10.4. The lowest BCUT2D eigenvalue weighted by atomic mass is 10.1. The highest BCUT2D eigenvalue weighted by Crippen LogP contribution is 2.24. The molecule has 0 saturated carbocycles. The molecule has 20 heavy (non-hydrogen) atoms. The van der Waals surface area contributed by atoms with Gasteiger partial charge in [-0.2, -0.15) is 5.10 Å². The summed E-state index contributed by atoms with van der Waals surface area (Å²) in [6.45, 7) is 0. The second kappa shape index (κ2) is 4.58. The Bertz CT molecular complexity index is 795. The Labute approximate surface area is 114 Å². The van der Waals surface area contributed by atoms with Crippen molar-refractivity contribution in [1.29, 1.82) is 0 Å². The average Bonchev–Trinajstić information content (AvgIpc) is 2.91. The number of benzene rings is 2. The molecule has 0 aliphatic heterocycles. The molecule has 3 aromatic rings. The van der Waals surface area contributed by atoms with Crippen LogP contribution in [0.2, 0.25) is 0 Å². The number of aromatic amines is 1. The van der Waals surface area contributed by atoms with Gasteiger partial charge in [-0.1, -0.05) is 6.07 Å². The minimum atomic E-state index is -0.382. The van der Waals surface area contributed by atoms with Gasteiger partial charge in [0.15, 0.2) is 0 Å². The number of carbonyl (C=O) groups excluding carboxylic acids is 1. The smallest absolute Gasteiger partial charge is 0.257 e. The number of aromatic hydroxyl groups is 1. The third kappa shape index (κ3) is 2.03. The Morgan fingerprint density at radius 1 is 1.30 bits per heavy atom. The molecule has 1 heterocycles. The summed E-state index contributed by atoms with van der Waals surface area (Å²) in [6, 6.07) is 9.70. The van der Waals surface area contributed by atoms with Gasteiger partial charge in [-0.05, 0) is 30.3 Å². The van der Waals surface area contributed by atoms with Crippen molar-refractivity contribution in [3.8, 4) is 5.75 Å². The minimum absolute atomic E-state index is 0.00845. The van der Waals surface area contributed by atoms with E-state index in [2.05, 4.69) is 15.5 Å². The van der Waals surface area contributed by atoms with Gasteiger partial charge < -0.3 is 16.2 Å². The van der Waals surface area contributed by atoms with E-state index in [1.807, 2.05) is 12.1 Å². The molecular weight excluding hydrogens is 256 g/mol. The summed E-state index contributed by atoms with van der Waals surface area (Å²) in [6.07, 6.45) is 1.64. The molecule has 3 rings (SSSR count). The molecule has 5 N–H and O–H groups in total. The van der Waals surface area contributed by atoms with Crippen LogP contribution in [0.4, 0.5) is 11.4 Å². The predicted molar refractivity (Wildman–Crippen MR) is 76.6 cm³/mol. The summed E-state index contributed by atoms with van der Waals surface area (Å²) < 4.78 is 0. The number of aromatic nitrogens is 2. The number of H-pyrrole nitrogens is 1. The number of nitrogens with zero attached hydrogens (tertiary/aromatic N) is 1. The van der Waals surface area contributed by atoms with E-state index in [1.54, 1.807) is 12.3 Å². The van der Waals surface area contributed by atoms with E-state index >= 15 is 0 Å². The largest absolute Gasteiger partial charge is 0.508 e. The number of amides is 1. The minimum Gasteiger partial charge on any atom is -0.508 e. The Kier molecular flexibility index (Phi) is 2.76. The van der Waals surface area contributed by atoms with E-state index in [0.717, 1.165) is 10.9 Å². The lowest BCUT2D eigenvalue weighted by Gasteiger charge is -2.08. The summed E-state index contributed by atoms with van der Waals surface area (Å²) in [5.41, 5.74) is 7.73. The van der Waals surface area contributed by atoms with Crippen LogP contribution in [0.25, 0.3) is 10.9 Å². The number of carbonyl (C=O) groups is 1. The maximum Gasteiger partial charge on any atom is 0.257 e. The van der Waals surface area contributed by atoms with Crippen molar-refractivity contribution >= 4 is 28.2 Å². The Hall–Kier alpha value is -3.02. The third-order valence-corrected chi connectivity index (χ3v) is 3.01. The number of nitrogens with two attached hydrogens (primary N) is 1. The number of phenols is 1. The number of rotatable bonds is 2. The number of hydrogen-bond donors (Lipinski definition) is 4. The molecule has 0 aliphatic rings. The predicted octanol–water partition coefficient (Wildman–Crippen LogP) is 2.10. The highest BCUT2D eigenvalue weighted by Gasteiger charge is 2.12. The number of phenolic OH excluding ortho intramolecular Hbond substituents is 1. The molecule has 0 atom stereocenters. The lowest BCUT2D eigenvalue weighted by Crippen LogP contribution is -2.14. The van der Waals surface area contributed by atoms with Gasteiger partial charge >= 0.3 is 0 Å². The van der Waals surface area contributed by atoms with E-state index in [-0.39, 0.29) is 17.2 Å². The second-order valence-corrected chi connectivity index (χ2v) is 4.36. The fourth-order valence-corrected chi connectivity index (χ4v) is 2.01. The van der Waals surface area contributed by atoms with E-state index in [4.69, 9.17) is 5.73 Å². The number of fused-ring (bicyclic) bond motifs is 1. The number of anilines is 2. The zero-order valence-electron chi connectivity index (χ0n) is 10.4. The van der Waals surface area contributed by atoms with Gasteiger partial charge in [-0.3, -0.25) is 9.89 Å². The number of nitrogen functional groups attached to an aromatic ring is 1. The number of hydrogen-bond acceptors (Lipinski definition) is 4. The van der Waals surface area contributed by atoms with Crippen molar-refractivity contribution in [2.75, 3.05) is 11.1 Å². The standard InChI is InChI=1S/C14H12N4O2/c15-11-5-4-8(19)6-9(11)14(20)17-12-2-1-3-13-10(12)7-16-18-13/h1-7,19H,15H2,(H,16,18)(H,17,20). The highest BCUT2D eigenvalue weighted by atomic mass is 16.3. The van der Waals surface area contributed by atoms with Gasteiger partial charge in [0.05, 0.1) is 23.0 Å². The molecule has 1 aromatic heterocycles. The highest BCUT2D eigenvalue weighted by molar-refractivity contribution is 6.11. The molecule has 0 fully saturated rings. The van der Waals surface area contributed by atoms with Crippen molar-refractivity contribution in [1.82, 2.24) is 10.2 Å². The SMILES string of the molecule is Nc1ccc(O)cc1C(=O)Nc1cccc2[nH]ncc12. The molecule has 0 unspecified atom stereocenters. The Morgan fingerprint density at radius 3 is 3.00 bits per heavy atom. The normalized spacial score (nSPS) is 10.6. The van der Waals surface area contributed by atoms with Gasteiger partial charge in [0.2, 0.25) is 0 Å². The van der Waals surface area contributed by atoms with Gasteiger partial charge in [0.25, 0.3) is 5.91 Å². The van der Waals surface area contributed by atoms with Crippen molar-refractivity contribution in [2.24, 2.45) is 0 Å². The van der Waals surface area contributed by atoms with Crippen LogP contribution in [0.5, 0.6) is 5.75 Å². The van der Waals surface area contributed by atoms with Crippen LogP contribution in [0.3, 0.4) is 0 Å². The molecule has 0 aliphatic carbocycles. The molecule has 6 heteroatoms. The average molecular weight is 268 g/mol. The van der Waals surface area contributed by atoms with Crippen LogP contribution in [-0.2, 0) is 0 Å². The van der Waals surface area contributed by atoms with Crippen LogP contribution in [-0.4, -0.2) is 21.2 Å². The molecule has 6 nitrogen and oxygen atoms in total. The van der Waals surface area contributed by atoms with E-state index in [0.29, 0.717) is 11.4 Å². The first kappa shape index (κ1) is 12.0. The van der Waals surface area contributed by atoms with Crippen LogP contribution in [0, 0.1) is 0 Å². The van der Waals surface area contributed by atoms with Gasteiger partial charge in [0, 0.05) is 11.1 Å². The van der Waals surface area contributed by atoms with E-state index < -0.39 is 0 Å². The van der Waals surface area contributed by atoms with Crippen LogP contribution in [0.15, 0.2) is 42.6 Å². The molecule has 0 spiro atoms. The Morgan fingerprint density at radius 2 is 2.15 bits per heavy atom. The fraction of sp³-hybridized carbons (Fsp3) is 0. The van der Waals surface area contributed by atoms with Gasteiger partial charge in [-0.15, -0.1) is 0 Å². The summed E-state index contributed by atoms with van der Waals surface area (Å²) in [4.78, 5) is 12.2. The monoisotopic (exact) mass is 268 g/mol. The van der Waals surface area contributed by atoms with Crippen molar-refractivity contribution < 1.29 is 9.90 Å². The van der Waals surface area contributed by atoms with Crippen LogP contribution in [0.1, 0.15) is 10.4 Å². The van der Waals surface area contributed by atoms with Crippen molar-refractivity contribution in [3.05, 3.63) is 48.2 Å². The Balaban J connectivity index is 1.96. The molecule has 2 aromatic carbocycles. The topological polar surface area (TPSA) is 104 Å². The molecule has 0 saturated heterocycles. The maximum atomic E-state index is 12.2. The third-order valence-electron chi connectivity index (χ3n) is 3.01. The molecular formula is C14H12N4O2. The van der Waals surface area contributed by atoms with E-state index in [9.17, 15) is 9.90 Å². The number of nitrogens with one attached hydrogen (secondary N) is 2.